The molecule has 184 valence electrons. The SMILES string of the molecule is CP(C)c1ccc(-c2ccc3c(-c4ccc(P(C)C)cc4)nc(-c4ccc([P+](C)=O)cc4)nc3c2)cc1. The fraction of sp³-hybridized carbons (Fsp3) is 0.161. The second-order valence-electron chi connectivity index (χ2n) is 9.55. The van der Waals surface area contributed by atoms with E-state index in [0.29, 0.717) is 5.82 Å². The van der Waals surface area contributed by atoms with Crippen LogP contribution >= 0.6 is 23.6 Å². The van der Waals surface area contributed by atoms with Gasteiger partial charge in [-0.05, 0) is 84.8 Å². The van der Waals surface area contributed by atoms with Gasteiger partial charge in [0, 0.05) is 16.5 Å². The first kappa shape index (κ1) is 25.8. The summed E-state index contributed by atoms with van der Waals surface area (Å²) in [5, 5.41) is 4.63. The molecule has 1 aromatic heterocycles. The van der Waals surface area contributed by atoms with E-state index in [-0.39, 0.29) is 15.8 Å². The molecule has 5 rings (SSSR count). The Kier molecular flexibility index (Phi) is 7.60. The molecule has 1 atom stereocenters. The highest BCUT2D eigenvalue weighted by Crippen LogP contribution is 2.33. The average molecular weight is 540 g/mol. The van der Waals surface area contributed by atoms with Gasteiger partial charge in [0.25, 0.3) is 0 Å². The van der Waals surface area contributed by atoms with Crippen molar-refractivity contribution < 1.29 is 4.57 Å². The fourth-order valence-corrected chi connectivity index (χ4v) is 6.41. The lowest BCUT2D eigenvalue weighted by Gasteiger charge is -2.13. The Morgan fingerprint density at radius 2 is 1.11 bits per heavy atom. The molecule has 3 nitrogen and oxygen atoms in total. The van der Waals surface area contributed by atoms with Crippen molar-refractivity contribution in [3.8, 4) is 33.8 Å². The van der Waals surface area contributed by atoms with E-state index < -0.39 is 7.80 Å². The zero-order chi connectivity index (χ0) is 26.1. The van der Waals surface area contributed by atoms with Gasteiger partial charge in [0.05, 0.1) is 11.2 Å². The average Bonchev–Trinajstić information content (AvgIpc) is 2.92. The van der Waals surface area contributed by atoms with Gasteiger partial charge in [0.2, 0.25) is 0 Å². The van der Waals surface area contributed by atoms with Crippen LogP contribution in [-0.2, 0) is 4.57 Å². The molecule has 0 amide bonds. The third-order valence-corrected chi connectivity index (χ3v) is 10.2. The molecule has 0 bridgehead atoms. The minimum Gasteiger partial charge on any atom is -0.228 e. The summed E-state index contributed by atoms with van der Waals surface area (Å²) >= 11 is 0. The van der Waals surface area contributed by atoms with Gasteiger partial charge in [0.15, 0.2) is 11.1 Å². The molecule has 37 heavy (non-hydrogen) atoms. The van der Waals surface area contributed by atoms with E-state index in [1.807, 2.05) is 24.3 Å². The molecule has 0 aliphatic rings. The molecule has 1 unspecified atom stereocenters. The zero-order valence-electron chi connectivity index (χ0n) is 21.8. The van der Waals surface area contributed by atoms with E-state index in [9.17, 15) is 4.57 Å². The Morgan fingerprint density at radius 1 is 0.595 bits per heavy atom. The highest BCUT2D eigenvalue weighted by Gasteiger charge is 2.15. The summed E-state index contributed by atoms with van der Waals surface area (Å²) in [6.45, 7) is 10.8. The number of nitrogens with zero attached hydrogens (tertiary/aromatic N) is 2. The second-order valence-corrected chi connectivity index (χ2v) is 15.7. The Balaban J connectivity index is 1.67. The van der Waals surface area contributed by atoms with Gasteiger partial charge < -0.3 is 0 Å². The minimum absolute atomic E-state index is 0.117. The standard InChI is InChI=1S/C31H30N2OP3/c1-35(2)25-13-6-21(7-14-25)24-12-19-28-29(20-24)32-31(23-10-17-27(18-11-23)37(5)34)33-30(28)22-8-15-26(16-9-22)36(3)4/h6-20H,1-5H3/q+1. The summed E-state index contributed by atoms with van der Waals surface area (Å²) in [4.78, 5) is 10.1. The number of rotatable bonds is 6. The van der Waals surface area contributed by atoms with E-state index >= 15 is 0 Å². The molecule has 1 heterocycles. The lowest BCUT2D eigenvalue weighted by Crippen LogP contribution is -2.00. The van der Waals surface area contributed by atoms with Crippen LogP contribution in [0.1, 0.15) is 0 Å². The van der Waals surface area contributed by atoms with Crippen LogP contribution in [0.5, 0.6) is 0 Å². The lowest BCUT2D eigenvalue weighted by atomic mass is 10.0. The maximum atomic E-state index is 11.9. The van der Waals surface area contributed by atoms with Crippen molar-refractivity contribution in [1.29, 1.82) is 0 Å². The fourth-order valence-electron chi connectivity index (χ4n) is 4.35. The molecule has 0 spiro atoms. The highest BCUT2D eigenvalue weighted by atomic mass is 31.1. The van der Waals surface area contributed by atoms with Crippen LogP contribution in [-0.4, -0.2) is 43.3 Å². The van der Waals surface area contributed by atoms with Crippen LogP contribution in [0.3, 0.4) is 0 Å². The van der Waals surface area contributed by atoms with Crippen molar-refractivity contribution in [3.63, 3.8) is 0 Å². The quantitative estimate of drug-likeness (QED) is 0.211. The van der Waals surface area contributed by atoms with E-state index in [2.05, 4.69) is 93.4 Å². The van der Waals surface area contributed by atoms with Gasteiger partial charge in [-0.3, -0.25) is 0 Å². The molecule has 0 saturated carbocycles. The molecule has 0 fully saturated rings. The second kappa shape index (κ2) is 10.9. The number of benzene rings is 4. The Labute approximate surface area is 222 Å². The van der Waals surface area contributed by atoms with Crippen LogP contribution in [0.4, 0.5) is 0 Å². The molecular weight excluding hydrogens is 509 g/mol. The number of hydrogen-bond donors (Lipinski definition) is 0. The minimum atomic E-state index is -1.38. The summed E-state index contributed by atoms with van der Waals surface area (Å²) < 4.78 is 11.9. The van der Waals surface area contributed by atoms with Crippen molar-refractivity contribution in [2.24, 2.45) is 0 Å². The zero-order valence-corrected chi connectivity index (χ0v) is 24.5. The van der Waals surface area contributed by atoms with Crippen molar-refractivity contribution in [1.82, 2.24) is 9.97 Å². The van der Waals surface area contributed by atoms with E-state index in [1.165, 1.54) is 16.2 Å². The Bertz CT molecular complexity index is 1580. The first-order valence-electron chi connectivity index (χ1n) is 12.2. The highest BCUT2D eigenvalue weighted by molar-refractivity contribution is 7.64. The van der Waals surface area contributed by atoms with Crippen LogP contribution in [0, 0.1) is 0 Å². The number of hydrogen-bond acceptors (Lipinski definition) is 3. The van der Waals surface area contributed by atoms with Crippen molar-refractivity contribution in [3.05, 3.63) is 91.0 Å². The van der Waals surface area contributed by atoms with Crippen molar-refractivity contribution in [2.75, 3.05) is 33.3 Å². The summed E-state index contributed by atoms with van der Waals surface area (Å²) in [5.41, 5.74) is 6.17. The largest absolute Gasteiger partial charge is 0.373 e. The summed E-state index contributed by atoms with van der Waals surface area (Å²) in [7, 11) is -1.65. The molecule has 0 aliphatic carbocycles. The van der Waals surface area contributed by atoms with E-state index in [4.69, 9.17) is 9.97 Å². The first-order chi connectivity index (χ1) is 17.8. The lowest BCUT2D eigenvalue weighted by molar-refractivity contribution is 0.596. The van der Waals surface area contributed by atoms with Crippen molar-refractivity contribution >= 4 is 50.5 Å². The van der Waals surface area contributed by atoms with E-state index in [0.717, 1.165) is 38.6 Å². The van der Waals surface area contributed by atoms with Crippen LogP contribution in [0.25, 0.3) is 44.7 Å². The van der Waals surface area contributed by atoms with E-state index in [1.54, 1.807) is 6.66 Å². The maximum absolute atomic E-state index is 11.9. The topological polar surface area (TPSA) is 42.9 Å². The van der Waals surface area contributed by atoms with Gasteiger partial charge in [-0.15, -0.1) is 0 Å². The smallest absolute Gasteiger partial charge is 0.228 e. The first-order valence-corrected chi connectivity index (χ1v) is 18.4. The molecule has 6 heteroatoms. The van der Waals surface area contributed by atoms with Crippen LogP contribution in [0.2, 0.25) is 0 Å². The summed E-state index contributed by atoms with van der Waals surface area (Å²) in [6.07, 6.45) is 0. The number of fused-ring (bicyclic) bond motifs is 1. The predicted octanol–water partition coefficient (Wildman–Crippen LogP) is 7.45. The molecule has 0 saturated heterocycles. The Morgan fingerprint density at radius 3 is 1.65 bits per heavy atom. The monoisotopic (exact) mass is 539 g/mol. The van der Waals surface area contributed by atoms with Crippen molar-refractivity contribution in [2.45, 2.75) is 0 Å². The van der Waals surface area contributed by atoms with Gasteiger partial charge in [-0.25, -0.2) is 9.97 Å². The molecule has 0 aliphatic heterocycles. The van der Waals surface area contributed by atoms with Gasteiger partial charge >= 0.3 is 7.80 Å². The third-order valence-electron chi connectivity index (χ3n) is 6.56. The third kappa shape index (κ3) is 5.56. The number of aromatic nitrogens is 2. The molecule has 4 aromatic carbocycles. The van der Waals surface area contributed by atoms with Gasteiger partial charge in [0.1, 0.15) is 6.66 Å². The van der Waals surface area contributed by atoms with Gasteiger partial charge in [-0.2, -0.15) is 0 Å². The molecule has 5 aromatic rings. The maximum Gasteiger partial charge on any atom is 0.373 e. The Hall–Kier alpha value is -2.82. The normalized spacial score (nSPS) is 11.9. The predicted molar refractivity (Wildman–Crippen MR) is 166 cm³/mol. The molecule has 0 radical (unpaired) electrons. The summed E-state index contributed by atoms with van der Waals surface area (Å²) in [6, 6.07) is 31.9. The molecular formula is C31H30N2OP3+. The van der Waals surface area contributed by atoms with Crippen LogP contribution in [0.15, 0.2) is 91.0 Å². The molecule has 0 N–H and O–H groups in total. The summed E-state index contributed by atoms with van der Waals surface area (Å²) in [5.74, 6) is 0.674. The van der Waals surface area contributed by atoms with Crippen LogP contribution < -0.4 is 15.9 Å². The van der Waals surface area contributed by atoms with Gasteiger partial charge in [-0.1, -0.05) is 75.0 Å².